The molecule has 1 atom stereocenters. The first kappa shape index (κ1) is 17.3. The number of methoxy groups -OCH3 is 2. The number of aliphatic hydroxyl groups excluding tert-OH is 1. The normalized spacial score (nSPS) is 14.9. The van der Waals surface area contributed by atoms with Gasteiger partial charge in [-0.15, -0.1) is 0 Å². The summed E-state index contributed by atoms with van der Waals surface area (Å²) in [6.45, 7) is 0. The van der Waals surface area contributed by atoms with Crippen LogP contribution in [0.2, 0.25) is 0 Å². The number of carbonyl (C=O) groups excluding carboxylic acids is 1. The van der Waals surface area contributed by atoms with Gasteiger partial charge in [-0.2, -0.15) is 5.10 Å². The first-order valence-electron chi connectivity index (χ1n) is 8.62. The highest BCUT2D eigenvalue weighted by atomic mass is 16.5. The van der Waals surface area contributed by atoms with Gasteiger partial charge in [0.15, 0.2) is 5.82 Å². The quantitative estimate of drug-likeness (QED) is 0.664. The predicted molar refractivity (Wildman–Crippen MR) is 98.4 cm³/mol. The van der Waals surface area contributed by atoms with E-state index in [-0.39, 0.29) is 5.92 Å². The number of nitrogens with zero attached hydrogens (tertiary/aromatic N) is 3. The number of carbonyl (C=O) groups is 1. The second-order valence-electron chi connectivity index (χ2n) is 6.58. The van der Waals surface area contributed by atoms with Gasteiger partial charge >= 0.3 is 5.97 Å². The number of ether oxygens (including phenoxy) is 2. The highest BCUT2D eigenvalue weighted by Gasteiger charge is 2.34. The second-order valence-corrected chi connectivity index (χ2v) is 6.58. The monoisotopic (exact) mass is 368 g/mol. The Balaban J connectivity index is 1.90. The molecule has 3 aromatic rings. The highest BCUT2D eigenvalue weighted by molar-refractivity contribution is 5.95. The summed E-state index contributed by atoms with van der Waals surface area (Å²) in [5, 5.41) is 14.9. The Bertz CT molecular complexity index is 1030. The molecule has 1 aliphatic rings. The van der Waals surface area contributed by atoms with Crippen molar-refractivity contribution in [1.29, 1.82) is 0 Å². The molecule has 1 unspecified atom stereocenters. The Morgan fingerprint density at radius 3 is 2.78 bits per heavy atom. The first-order chi connectivity index (χ1) is 13.0. The predicted octanol–water partition coefficient (Wildman–Crippen LogP) is 2.22. The molecule has 8 heteroatoms. The van der Waals surface area contributed by atoms with Crippen LogP contribution in [0.1, 0.15) is 35.0 Å². The lowest BCUT2D eigenvalue weighted by atomic mass is 10.0. The molecule has 1 fully saturated rings. The molecule has 27 heavy (non-hydrogen) atoms. The van der Waals surface area contributed by atoms with E-state index in [0.29, 0.717) is 28.3 Å². The maximum Gasteiger partial charge on any atom is 0.341 e. The van der Waals surface area contributed by atoms with Crippen LogP contribution in [0.3, 0.4) is 0 Å². The number of fused-ring (bicyclic) bond motifs is 1. The summed E-state index contributed by atoms with van der Waals surface area (Å²) in [5.74, 6) is 0.458. The van der Waals surface area contributed by atoms with E-state index in [1.807, 2.05) is 6.07 Å². The molecule has 0 spiro atoms. The van der Waals surface area contributed by atoms with Crippen LogP contribution >= 0.6 is 0 Å². The van der Waals surface area contributed by atoms with E-state index in [1.54, 1.807) is 22.7 Å². The Hall–Kier alpha value is -3.13. The third-order valence-corrected chi connectivity index (χ3v) is 4.90. The van der Waals surface area contributed by atoms with Gasteiger partial charge in [0.2, 0.25) is 0 Å². The van der Waals surface area contributed by atoms with Crippen LogP contribution < -0.4 is 10.5 Å². The lowest BCUT2D eigenvalue weighted by Crippen LogP contribution is -2.07. The summed E-state index contributed by atoms with van der Waals surface area (Å²) in [6.07, 6.45) is 2.74. The Kier molecular flexibility index (Phi) is 4.19. The van der Waals surface area contributed by atoms with E-state index < -0.39 is 12.1 Å². The van der Waals surface area contributed by atoms with Crippen molar-refractivity contribution in [1.82, 2.24) is 14.6 Å². The average Bonchev–Trinajstić information content (AvgIpc) is 3.47. The van der Waals surface area contributed by atoms with Crippen molar-refractivity contribution in [2.45, 2.75) is 18.9 Å². The molecule has 0 amide bonds. The summed E-state index contributed by atoms with van der Waals surface area (Å²) >= 11 is 0. The van der Waals surface area contributed by atoms with Crippen LogP contribution in [-0.4, -0.2) is 39.9 Å². The van der Waals surface area contributed by atoms with Gasteiger partial charge in [0.1, 0.15) is 23.2 Å². The Labute approximate surface area is 155 Å². The fourth-order valence-electron chi connectivity index (χ4n) is 3.31. The molecule has 1 aliphatic carbocycles. The van der Waals surface area contributed by atoms with Gasteiger partial charge < -0.3 is 20.3 Å². The van der Waals surface area contributed by atoms with E-state index >= 15 is 0 Å². The lowest BCUT2D eigenvalue weighted by molar-refractivity contribution is 0.0597. The van der Waals surface area contributed by atoms with Gasteiger partial charge in [0.25, 0.3) is 0 Å². The van der Waals surface area contributed by atoms with Crippen LogP contribution in [0, 0.1) is 5.92 Å². The number of rotatable bonds is 5. The van der Waals surface area contributed by atoms with Gasteiger partial charge in [-0.25, -0.2) is 14.3 Å². The molecule has 0 radical (unpaired) electrons. The molecule has 4 rings (SSSR count). The van der Waals surface area contributed by atoms with Crippen LogP contribution in [0.4, 0.5) is 5.82 Å². The largest absolute Gasteiger partial charge is 0.496 e. The number of benzene rings is 1. The minimum atomic E-state index is -0.614. The van der Waals surface area contributed by atoms with E-state index in [9.17, 15) is 9.90 Å². The highest BCUT2D eigenvalue weighted by Crippen LogP contribution is 2.43. The zero-order chi connectivity index (χ0) is 19.1. The van der Waals surface area contributed by atoms with E-state index in [2.05, 4.69) is 10.1 Å². The minimum Gasteiger partial charge on any atom is -0.496 e. The van der Waals surface area contributed by atoms with Crippen molar-refractivity contribution in [3.05, 3.63) is 41.9 Å². The lowest BCUT2D eigenvalue weighted by Gasteiger charge is -2.09. The molecule has 0 bridgehead atoms. The number of aliphatic hydroxyl groups is 1. The summed E-state index contributed by atoms with van der Waals surface area (Å²) in [6, 6.07) is 7.03. The zero-order valence-corrected chi connectivity index (χ0v) is 15.0. The minimum absolute atomic E-state index is 0.239. The number of esters is 1. The third kappa shape index (κ3) is 2.87. The van der Waals surface area contributed by atoms with Crippen LogP contribution in [-0.2, 0) is 4.74 Å². The third-order valence-electron chi connectivity index (χ3n) is 4.90. The van der Waals surface area contributed by atoms with E-state index in [4.69, 9.17) is 15.2 Å². The molecule has 8 nitrogen and oxygen atoms in total. The summed E-state index contributed by atoms with van der Waals surface area (Å²) in [5.41, 5.74) is 9.26. The molecule has 1 aromatic carbocycles. The SMILES string of the molecule is COC(=O)c1ccc(-c2cc(C(O)C3CC3)n3ncnc(N)c23)cc1OC. The summed E-state index contributed by atoms with van der Waals surface area (Å²) in [4.78, 5) is 16.0. The fourth-order valence-corrected chi connectivity index (χ4v) is 3.31. The topological polar surface area (TPSA) is 112 Å². The summed E-state index contributed by atoms with van der Waals surface area (Å²) < 4.78 is 11.8. The molecular weight excluding hydrogens is 348 g/mol. The summed E-state index contributed by atoms with van der Waals surface area (Å²) in [7, 11) is 2.81. The van der Waals surface area contributed by atoms with Crippen molar-refractivity contribution >= 4 is 17.3 Å². The first-order valence-corrected chi connectivity index (χ1v) is 8.62. The van der Waals surface area contributed by atoms with Gasteiger partial charge in [-0.05, 0) is 42.5 Å². The molecule has 140 valence electrons. The van der Waals surface area contributed by atoms with Crippen molar-refractivity contribution in [3.63, 3.8) is 0 Å². The van der Waals surface area contributed by atoms with Gasteiger partial charge in [-0.3, -0.25) is 0 Å². The number of nitrogen functional groups attached to an aromatic ring is 1. The van der Waals surface area contributed by atoms with Crippen molar-refractivity contribution < 1.29 is 19.4 Å². The average molecular weight is 368 g/mol. The fraction of sp³-hybridized carbons (Fsp3) is 0.316. The van der Waals surface area contributed by atoms with Crippen LogP contribution in [0.5, 0.6) is 5.75 Å². The number of hydrogen-bond acceptors (Lipinski definition) is 7. The molecular formula is C19H20N4O4. The molecule has 1 saturated carbocycles. The van der Waals surface area contributed by atoms with E-state index in [0.717, 1.165) is 24.0 Å². The van der Waals surface area contributed by atoms with Gasteiger partial charge in [0.05, 0.1) is 26.0 Å². The van der Waals surface area contributed by atoms with Crippen molar-refractivity contribution in [2.24, 2.45) is 5.92 Å². The van der Waals surface area contributed by atoms with Crippen molar-refractivity contribution in [3.8, 4) is 16.9 Å². The maximum atomic E-state index is 11.9. The van der Waals surface area contributed by atoms with Crippen LogP contribution in [0.15, 0.2) is 30.6 Å². The van der Waals surface area contributed by atoms with E-state index in [1.165, 1.54) is 20.5 Å². The molecule has 2 aromatic heterocycles. The number of hydrogen-bond donors (Lipinski definition) is 2. The second kappa shape index (κ2) is 6.55. The Morgan fingerprint density at radius 2 is 2.11 bits per heavy atom. The molecule has 0 aliphatic heterocycles. The van der Waals surface area contributed by atoms with Gasteiger partial charge in [0, 0.05) is 5.56 Å². The molecule has 0 saturated heterocycles. The number of aromatic nitrogens is 3. The van der Waals surface area contributed by atoms with Gasteiger partial charge in [-0.1, -0.05) is 6.07 Å². The number of nitrogens with two attached hydrogens (primary N) is 1. The number of anilines is 1. The van der Waals surface area contributed by atoms with Crippen LogP contribution in [0.25, 0.3) is 16.6 Å². The zero-order valence-electron chi connectivity index (χ0n) is 15.0. The van der Waals surface area contributed by atoms with Crippen molar-refractivity contribution in [2.75, 3.05) is 20.0 Å². The maximum absolute atomic E-state index is 11.9. The molecule has 3 N–H and O–H groups in total. The smallest absolute Gasteiger partial charge is 0.341 e. The Morgan fingerprint density at radius 1 is 1.33 bits per heavy atom. The molecule has 2 heterocycles. The standard InChI is InChI=1S/C19H20N4O4/c1-26-15-7-11(5-6-12(15)19(25)27-2)13-8-14(17(24)10-3-4-10)23-16(13)18(20)21-9-22-23/h5-10,17,24H,3-4H2,1-2H3,(H2,20,21,22).